The van der Waals surface area contributed by atoms with E-state index in [1.165, 1.54) is 11.8 Å². The number of hydrogen-bond acceptors (Lipinski definition) is 4. The van der Waals surface area contributed by atoms with Crippen molar-refractivity contribution >= 4 is 33.3 Å². The molecule has 1 atom stereocenters. The molecule has 0 radical (unpaired) electrons. The second-order valence-corrected chi connectivity index (χ2v) is 8.78. The number of piperazine rings is 1. The lowest BCUT2D eigenvalue weighted by molar-refractivity contribution is -0.138. The molecule has 2 rings (SSSR count). The average Bonchev–Trinajstić information content (AvgIpc) is 2.55. The van der Waals surface area contributed by atoms with Gasteiger partial charge in [0.25, 0.3) is 0 Å². The van der Waals surface area contributed by atoms with Gasteiger partial charge in [-0.15, -0.1) is 0 Å². The van der Waals surface area contributed by atoms with E-state index in [-0.39, 0.29) is 12.3 Å². The number of rotatable bonds is 4. The van der Waals surface area contributed by atoms with Crippen molar-refractivity contribution in [3.05, 3.63) is 34.9 Å². The topological polar surface area (TPSA) is 74.8 Å². The first-order chi connectivity index (χ1) is 11.2. The molecule has 1 unspecified atom stereocenters. The van der Waals surface area contributed by atoms with Crippen LogP contribution < -0.4 is 0 Å². The SMILES string of the molecule is CC(C(=O)N1CCN(C(=O)Cc2ccc(Cl)cc2)CC1)S(C)(=O)=O. The fraction of sp³-hybridized carbons (Fsp3) is 0.500. The molecule has 0 bridgehead atoms. The maximum absolute atomic E-state index is 12.3. The van der Waals surface area contributed by atoms with E-state index in [1.807, 2.05) is 12.1 Å². The van der Waals surface area contributed by atoms with Gasteiger partial charge >= 0.3 is 0 Å². The fourth-order valence-electron chi connectivity index (χ4n) is 2.51. The predicted octanol–water partition coefficient (Wildman–Crippen LogP) is 0.986. The normalized spacial score (nSPS) is 16.8. The molecule has 1 fully saturated rings. The molecule has 24 heavy (non-hydrogen) atoms. The van der Waals surface area contributed by atoms with Crippen LogP contribution in [0.15, 0.2) is 24.3 Å². The van der Waals surface area contributed by atoms with Crippen molar-refractivity contribution in [2.45, 2.75) is 18.6 Å². The van der Waals surface area contributed by atoms with Crippen LogP contribution in [0.5, 0.6) is 0 Å². The molecule has 0 aliphatic carbocycles. The van der Waals surface area contributed by atoms with Crippen molar-refractivity contribution in [1.29, 1.82) is 0 Å². The zero-order chi connectivity index (χ0) is 17.9. The molecule has 1 aliphatic heterocycles. The number of nitrogens with zero attached hydrogens (tertiary/aromatic N) is 2. The van der Waals surface area contributed by atoms with Crippen LogP contribution in [0.4, 0.5) is 0 Å². The van der Waals surface area contributed by atoms with Crippen LogP contribution in [0.2, 0.25) is 5.02 Å². The van der Waals surface area contributed by atoms with Crippen molar-refractivity contribution < 1.29 is 18.0 Å². The Kier molecular flexibility index (Phi) is 5.87. The van der Waals surface area contributed by atoms with Crippen molar-refractivity contribution in [3.8, 4) is 0 Å². The van der Waals surface area contributed by atoms with Gasteiger partial charge < -0.3 is 9.80 Å². The third kappa shape index (κ3) is 4.70. The van der Waals surface area contributed by atoms with Gasteiger partial charge in [0.15, 0.2) is 9.84 Å². The summed E-state index contributed by atoms with van der Waals surface area (Å²) in [6.07, 6.45) is 1.34. The van der Waals surface area contributed by atoms with Crippen LogP contribution in [-0.4, -0.2) is 67.7 Å². The van der Waals surface area contributed by atoms with E-state index in [1.54, 1.807) is 17.0 Å². The molecular weight excluding hydrogens is 352 g/mol. The number of amides is 2. The number of carbonyl (C=O) groups excluding carboxylic acids is 2. The molecule has 132 valence electrons. The summed E-state index contributed by atoms with van der Waals surface area (Å²) in [5.41, 5.74) is 0.883. The highest BCUT2D eigenvalue weighted by atomic mass is 35.5. The summed E-state index contributed by atoms with van der Waals surface area (Å²) in [7, 11) is -3.41. The summed E-state index contributed by atoms with van der Waals surface area (Å²) in [4.78, 5) is 27.7. The minimum Gasteiger partial charge on any atom is -0.339 e. The number of hydrogen-bond donors (Lipinski definition) is 0. The van der Waals surface area contributed by atoms with Gasteiger partial charge in [0.2, 0.25) is 11.8 Å². The predicted molar refractivity (Wildman–Crippen MR) is 92.6 cm³/mol. The third-order valence-electron chi connectivity index (χ3n) is 4.20. The summed E-state index contributed by atoms with van der Waals surface area (Å²) < 4.78 is 23.0. The van der Waals surface area contributed by atoms with Crippen LogP contribution in [-0.2, 0) is 25.8 Å². The second kappa shape index (κ2) is 7.53. The first-order valence-corrected chi connectivity index (χ1v) is 10.0. The summed E-state index contributed by atoms with van der Waals surface area (Å²) in [5.74, 6) is -0.414. The lowest BCUT2D eigenvalue weighted by Crippen LogP contribution is -2.53. The number of halogens is 1. The van der Waals surface area contributed by atoms with Crippen molar-refractivity contribution in [3.63, 3.8) is 0 Å². The van der Waals surface area contributed by atoms with E-state index in [2.05, 4.69) is 0 Å². The molecular formula is C16H21ClN2O4S. The summed E-state index contributed by atoms with van der Waals surface area (Å²) >= 11 is 5.82. The van der Waals surface area contributed by atoms with E-state index < -0.39 is 21.0 Å². The molecule has 1 aromatic rings. The van der Waals surface area contributed by atoms with Gasteiger partial charge in [0, 0.05) is 37.5 Å². The second-order valence-electron chi connectivity index (χ2n) is 5.98. The van der Waals surface area contributed by atoms with Crippen LogP contribution in [0.1, 0.15) is 12.5 Å². The maximum Gasteiger partial charge on any atom is 0.240 e. The Morgan fingerprint density at radius 2 is 1.58 bits per heavy atom. The van der Waals surface area contributed by atoms with Crippen molar-refractivity contribution in [2.24, 2.45) is 0 Å². The van der Waals surface area contributed by atoms with E-state index in [0.29, 0.717) is 31.2 Å². The Morgan fingerprint density at radius 3 is 2.08 bits per heavy atom. The van der Waals surface area contributed by atoms with Crippen LogP contribution in [0.25, 0.3) is 0 Å². The monoisotopic (exact) mass is 372 g/mol. The van der Waals surface area contributed by atoms with E-state index in [9.17, 15) is 18.0 Å². The molecule has 0 spiro atoms. The first kappa shape index (κ1) is 18.7. The summed E-state index contributed by atoms with van der Waals surface area (Å²) in [6.45, 7) is 2.93. The smallest absolute Gasteiger partial charge is 0.240 e. The Morgan fingerprint density at radius 1 is 1.08 bits per heavy atom. The van der Waals surface area contributed by atoms with Crippen LogP contribution in [0, 0.1) is 0 Å². The Labute approximate surface area is 147 Å². The Bertz CT molecular complexity index is 710. The highest BCUT2D eigenvalue weighted by Gasteiger charge is 2.31. The highest BCUT2D eigenvalue weighted by Crippen LogP contribution is 2.13. The maximum atomic E-state index is 12.3. The van der Waals surface area contributed by atoms with E-state index in [0.717, 1.165) is 11.8 Å². The van der Waals surface area contributed by atoms with Gasteiger partial charge in [0.1, 0.15) is 5.25 Å². The van der Waals surface area contributed by atoms with Crippen LogP contribution >= 0.6 is 11.6 Å². The molecule has 0 aromatic heterocycles. The van der Waals surface area contributed by atoms with Gasteiger partial charge in [-0.3, -0.25) is 9.59 Å². The fourth-order valence-corrected chi connectivity index (χ4v) is 3.15. The quantitative estimate of drug-likeness (QED) is 0.789. The van der Waals surface area contributed by atoms with Gasteiger partial charge in [-0.1, -0.05) is 23.7 Å². The van der Waals surface area contributed by atoms with Crippen LogP contribution in [0.3, 0.4) is 0 Å². The minimum absolute atomic E-state index is 0.0133. The minimum atomic E-state index is -3.41. The Hall–Kier alpha value is -1.60. The molecule has 1 saturated heterocycles. The molecule has 1 aliphatic rings. The van der Waals surface area contributed by atoms with Gasteiger partial charge in [-0.2, -0.15) is 0 Å². The largest absolute Gasteiger partial charge is 0.339 e. The number of benzene rings is 1. The van der Waals surface area contributed by atoms with Gasteiger partial charge in [-0.25, -0.2) is 8.42 Å². The molecule has 1 aromatic carbocycles. The number of carbonyl (C=O) groups is 2. The lowest BCUT2D eigenvalue weighted by Gasteiger charge is -2.35. The zero-order valence-electron chi connectivity index (χ0n) is 13.7. The molecule has 2 amide bonds. The van der Waals surface area contributed by atoms with Gasteiger partial charge in [-0.05, 0) is 24.6 Å². The summed E-state index contributed by atoms with van der Waals surface area (Å²) in [6, 6.07) is 7.11. The molecule has 0 N–H and O–H groups in total. The van der Waals surface area contributed by atoms with Crippen molar-refractivity contribution in [1.82, 2.24) is 9.80 Å². The highest BCUT2D eigenvalue weighted by molar-refractivity contribution is 7.92. The van der Waals surface area contributed by atoms with E-state index >= 15 is 0 Å². The lowest BCUT2D eigenvalue weighted by atomic mass is 10.1. The average molecular weight is 373 g/mol. The molecule has 1 heterocycles. The van der Waals surface area contributed by atoms with Crippen molar-refractivity contribution in [2.75, 3.05) is 32.4 Å². The molecule has 6 nitrogen and oxygen atoms in total. The third-order valence-corrected chi connectivity index (χ3v) is 5.94. The zero-order valence-corrected chi connectivity index (χ0v) is 15.3. The molecule has 0 saturated carbocycles. The first-order valence-electron chi connectivity index (χ1n) is 7.68. The van der Waals surface area contributed by atoms with Gasteiger partial charge in [0.05, 0.1) is 6.42 Å². The Balaban J connectivity index is 1.89. The molecule has 8 heteroatoms. The standard InChI is InChI=1S/C16H21ClN2O4S/c1-12(24(2,22)23)16(21)19-9-7-18(8-10-19)15(20)11-13-3-5-14(17)6-4-13/h3-6,12H,7-11H2,1-2H3. The number of sulfone groups is 1. The van der Waals surface area contributed by atoms with E-state index in [4.69, 9.17) is 11.6 Å². The summed E-state index contributed by atoms with van der Waals surface area (Å²) in [5, 5.41) is -0.424.